The lowest BCUT2D eigenvalue weighted by Crippen LogP contribution is -2.17. The molecule has 0 aliphatic heterocycles. The summed E-state index contributed by atoms with van der Waals surface area (Å²) in [5.41, 5.74) is 5.54. The van der Waals surface area contributed by atoms with Crippen LogP contribution in [0.1, 0.15) is 11.1 Å². The van der Waals surface area contributed by atoms with Crippen LogP contribution in [0, 0.1) is 0 Å². The Morgan fingerprint density at radius 1 is 0.833 bits per heavy atom. The van der Waals surface area contributed by atoms with E-state index in [1.54, 1.807) is 0 Å². The average molecular weight is 372 g/mol. The van der Waals surface area contributed by atoms with Gasteiger partial charge in [-0.3, -0.25) is 0 Å². The van der Waals surface area contributed by atoms with Crippen molar-refractivity contribution in [3.8, 4) is 16.9 Å². The van der Waals surface area contributed by atoms with Gasteiger partial charge in [0.1, 0.15) is 5.75 Å². The van der Waals surface area contributed by atoms with Gasteiger partial charge >= 0.3 is 12.5 Å². The van der Waals surface area contributed by atoms with Crippen LogP contribution in [0.25, 0.3) is 11.1 Å². The molecule has 0 aromatic heterocycles. The van der Waals surface area contributed by atoms with E-state index in [1.165, 1.54) is 18.2 Å². The molecule has 2 aromatic carbocycles. The molecule has 132 valence electrons. The van der Waals surface area contributed by atoms with Gasteiger partial charge in [0.25, 0.3) is 0 Å². The maximum atomic E-state index is 12.5. The lowest BCUT2D eigenvalue weighted by molar-refractivity contribution is -0.274. The summed E-state index contributed by atoms with van der Waals surface area (Å²) in [7, 11) is 0. The van der Waals surface area contributed by atoms with Crippen molar-refractivity contribution in [2.24, 2.45) is 5.73 Å². The van der Waals surface area contributed by atoms with Crippen molar-refractivity contribution in [2.45, 2.75) is 19.1 Å². The fraction of sp³-hybridized carbons (Fsp3) is 0.200. The number of hydrogen-bond donors (Lipinski definition) is 1. The van der Waals surface area contributed by atoms with Crippen LogP contribution in [0.3, 0.4) is 0 Å². The van der Waals surface area contributed by atoms with Gasteiger partial charge in [-0.15, -0.1) is 25.6 Å². The molecule has 2 N–H and O–H groups in total. The van der Waals surface area contributed by atoms with E-state index in [0.717, 1.165) is 24.3 Å². The molecular weight excluding hydrogens is 360 g/mol. The summed E-state index contributed by atoms with van der Waals surface area (Å²) in [6.45, 7) is -0.0390. The molecule has 9 heteroatoms. The van der Waals surface area contributed by atoms with E-state index in [-0.39, 0.29) is 24.5 Å². The third-order valence-electron chi connectivity index (χ3n) is 2.98. The molecule has 0 atom stereocenters. The predicted molar refractivity (Wildman–Crippen MR) is 78.7 cm³/mol. The molecule has 0 amide bonds. The van der Waals surface area contributed by atoms with Gasteiger partial charge in [0.15, 0.2) is 0 Å². The standard InChI is InChI=1S/C15H11F6NO.ClH/c16-14(17,18)12-3-1-10(2-4-12)11-5-9(8-22)6-13(7-11)23-15(19,20)21;/h1-7H,8,22H2;1H. The zero-order valence-corrected chi connectivity index (χ0v) is 12.7. The maximum absolute atomic E-state index is 12.5. The first-order chi connectivity index (χ1) is 10.6. The van der Waals surface area contributed by atoms with Crippen LogP contribution in [-0.4, -0.2) is 6.36 Å². The summed E-state index contributed by atoms with van der Waals surface area (Å²) in [6.07, 6.45) is -9.35. The third-order valence-corrected chi connectivity index (χ3v) is 2.98. The van der Waals surface area contributed by atoms with Crippen LogP contribution in [0.5, 0.6) is 5.75 Å². The Hall–Kier alpha value is -1.93. The number of nitrogens with two attached hydrogens (primary N) is 1. The fourth-order valence-electron chi connectivity index (χ4n) is 1.99. The van der Waals surface area contributed by atoms with Gasteiger partial charge in [0.2, 0.25) is 0 Å². The van der Waals surface area contributed by atoms with Crippen LogP contribution in [0.15, 0.2) is 42.5 Å². The fourth-order valence-corrected chi connectivity index (χ4v) is 1.99. The minimum absolute atomic E-state index is 0. The molecule has 0 unspecified atom stereocenters. The van der Waals surface area contributed by atoms with E-state index in [1.807, 2.05) is 0 Å². The SMILES string of the molecule is Cl.NCc1cc(OC(F)(F)F)cc(-c2ccc(C(F)(F)F)cc2)c1. The molecule has 0 heterocycles. The molecule has 0 spiro atoms. The first-order valence-corrected chi connectivity index (χ1v) is 6.36. The summed E-state index contributed by atoms with van der Waals surface area (Å²) < 4.78 is 78.4. The Kier molecular flexibility index (Phi) is 6.13. The topological polar surface area (TPSA) is 35.2 Å². The molecule has 0 fully saturated rings. The highest BCUT2D eigenvalue weighted by Gasteiger charge is 2.32. The summed E-state index contributed by atoms with van der Waals surface area (Å²) in [4.78, 5) is 0. The van der Waals surface area contributed by atoms with Crippen LogP contribution < -0.4 is 10.5 Å². The van der Waals surface area contributed by atoms with Gasteiger partial charge in [-0.1, -0.05) is 12.1 Å². The summed E-state index contributed by atoms with van der Waals surface area (Å²) in [6, 6.07) is 7.78. The molecule has 2 aromatic rings. The van der Waals surface area contributed by atoms with Crippen molar-refractivity contribution in [3.63, 3.8) is 0 Å². The highest BCUT2D eigenvalue weighted by Crippen LogP contribution is 2.33. The zero-order valence-electron chi connectivity index (χ0n) is 11.9. The quantitative estimate of drug-likeness (QED) is 0.757. The Morgan fingerprint density at radius 3 is 1.88 bits per heavy atom. The molecule has 0 saturated heterocycles. The van der Waals surface area contributed by atoms with E-state index in [4.69, 9.17) is 5.73 Å². The molecule has 0 bridgehead atoms. The molecule has 2 nitrogen and oxygen atoms in total. The first-order valence-electron chi connectivity index (χ1n) is 6.36. The average Bonchev–Trinajstić information content (AvgIpc) is 2.44. The summed E-state index contributed by atoms with van der Waals surface area (Å²) >= 11 is 0. The number of benzene rings is 2. The van der Waals surface area contributed by atoms with Crippen LogP contribution >= 0.6 is 12.4 Å². The highest BCUT2D eigenvalue weighted by atomic mass is 35.5. The van der Waals surface area contributed by atoms with Gasteiger partial charge in [-0.2, -0.15) is 13.2 Å². The summed E-state index contributed by atoms with van der Waals surface area (Å²) in [5, 5.41) is 0. The summed E-state index contributed by atoms with van der Waals surface area (Å²) in [5.74, 6) is -0.477. The molecule has 24 heavy (non-hydrogen) atoms. The van der Waals surface area contributed by atoms with E-state index in [0.29, 0.717) is 11.1 Å². The molecule has 2 rings (SSSR count). The van der Waals surface area contributed by atoms with Gasteiger partial charge < -0.3 is 10.5 Å². The van der Waals surface area contributed by atoms with Crippen molar-refractivity contribution in [1.29, 1.82) is 0 Å². The minimum atomic E-state index is -4.87. The van der Waals surface area contributed by atoms with E-state index in [9.17, 15) is 26.3 Å². The van der Waals surface area contributed by atoms with Gasteiger partial charge in [0.05, 0.1) is 5.56 Å². The Bertz CT molecular complexity index is 682. The van der Waals surface area contributed by atoms with Crippen molar-refractivity contribution in [3.05, 3.63) is 53.6 Å². The molecule has 0 saturated carbocycles. The second kappa shape index (κ2) is 7.31. The lowest BCUT2D eigenvalue weighted by atomic mass is 10.0. The first kappa shape index (κ1) is 20.1. The van der Waals surface area contributed by atoms with Gasteiger partial charge in [-0.25, -0.2) is 0 Å². The van der Waals surface area contributed by atoms with E-state index >= 15 is 0 Å². The maximum Gasteiger partial charge on any atom is 0.573 e. The number of hydrogen-bond acceptors (Lipinski definition) is 2. The predicted octanol–water partition coefficient (Wildman–Crippen LogP) is 5.15. The Morgan fingerprint density at radius 2 is 1.42 bits per heavy atom. The molecular formula is C15H12ClF6NO. The number of ether oxygens (including phenoxy) is 1. The monoisotopic (exact) mass is 371 g/mol. The second-order valence-electron chi connectivity index (χ2n) is 4.69. The Balaban J connectivity index is 0.00000288. The largest absolute Gasteiger partial charge is 0.573 e. The Labute approximate surface area is 139 Å². The third kappa shape index (κ3) is 5.31. The number of alkyl halides is 6. The van der Waals surface area contributed by atoms with Gasteiger partial charge in [0, 0.05) is 6.54 Å². The van der Waals surface area contributed by atoms with Crippen LogP contribution in [-0.2, 0) is 12.7 Å². The lowest BCUT2D eigenvalue weighted by Gasteiger charge is -2.13. The van der Waals surface area contributed by atoms with Crippen LogP contribution in [0.2, 0.25) is 0 Å². The molecule has 0 aliphatic rings. The normalized spacial score (nSPS) is 11.8. The zero-order chi connectivity index (χ0) is 17.3. The van der Waals surface area contributed by atoms with Crippen LogP contribution in [0.4, 0.5) is 26.3 Å². The van der Waals surface area contributed by atoms with E-state index in [2.05, 4.69) is 4.74 Å². The smallest absolute Gasteiger partial charge is 0.406 e. The van der Waals surface area contributed by atoms with Crippen molar-refractivity contribution >= 4 is 12.4 Å². The van der Waals surface area contributed by atoms with E-state index < -0.39 is 23.9 Å². The molecule has 0 aliphatic carbocycles. The highest BCUT2D eigenvalue weighted by molar-refractivity contribution is 5.85. The molecule has 0 radical (unpaired) electrons. The number of halogens is 7. The van der Waals surface area contributed by atoms with Crippen molar-refractivity contribution in [1.82, 2.24) is 0 Å². The number of rotatable bonds is 3. The van der Waals surface area contributed by atoms with Crippen molar-refractivity contribution in [2.75, 3.05) is 0 Å². The van der Waals surface area contributed by atoms with Gasteiger partial charge in [-0.05, 0) is 47.0 Å². The van der Waals surface area contributed by atoms with Crippen molar-refractivity contribution < 1.29 is 31.1 Å². The second-order valence-corrected chi connectivity index (χ2v) is 4.69. The minimum Gasteiger partial charge on any atom is -0.406 e.